The topological polar surface area (TPSA) is 107 Å². The molecule has 0 aliphatic carbocycles. The number of amides is 1. The molecule has 112 valence electrons. The summed E-state index contributed by atoms with van der Waals surface area (Å²) in [6.45, 7) is 3.41. The Kier molecular flexibility index (Phi) is 3.84. The summed E-state index contributed by atoms with van der Waals surface area (Å²) in [4.78, 5) is 12.1. The number of hydrogen-bond donors (Lipinski definition) is 2. The second kappa shape index (κ2) is 5.30. The third-order valence-corrected chi connectivity index (χ3v) is 4.29. The lowest BCUT2D eigenvalue weighted by molar-refractivity contribution is 0.102. The summed E-state index contributed by atoms with van der Waals surface area (Å²) in [5.74, 6) is -0.357. The Balaban J connectivity index is 2.33. The number of benzene rings is 1. The number of primary sulfonamides is 1. The molecular weight excluding hydrogens is 292 g/mol. The fraction of sp³-hybridized carbons (Fsp3) is 0.231. The van der Waals surface area contributed by atoms with Gasteiger partial charge in [0.05, 0.1) is 16.7 Å². The third-order valence-electron chi connectivity index (χ3n) is 3.23. The van der Waals surface area contributed by atoms with E-state index < -0.39 is 10.0 Å². The van der Waals surface area contributed by atoms with Crippen molar-refractivity contribution in [1.29, 1.82) is 0 Å². The third kappa shape index (κ3) is 3.11. The van der Waals surface area contributed by atoms with E-state index in [1.165, 1.54) is 12.3 Å². The predicted molar refractivity (Wildman–Crippen MR) is 78.5 cm³/mol. The van der Waals surface area contributed by atoms with E-state index in [0.29, 0.717) is 22.5 Å². The van der Waals surface area contributed by atoms with Crippen LogP contribution in [0.1, 0.15) is 21.6 Å². The first-order valence-corrected chi connectivity index (χ1v) is 7.68. The van der Waals surface area contributed by atoms with Gasteiger partial charge in [0.15, 0.2) is 0 Å². The molecule has 0 aliphatic heterocycles. The van der Waals surface area contributed by atoms with Crippen LogP contribution < -0.4 is 10.5 Å². The zero-order valence-corrected chi connectivity index (χ0v) is 12.7. The van der Waals surface area contributed by atoms with Crippen LogP contribution in [0.4, 0.5) is 5.69 Å². The maximum atomic E-state index is 12.1. The lowest BCUT2D eigenvalue weighted by Gasteiger charge is -2.08. The summed E-state index contributed by atoms with van der Waals surface area (Å²) < 4.78 is 24.5. The molecule has 1 aromatic carbocycles. The van der Waals surface area contributed by atoms with Crippen LogP contribution in [-0.2, 0) is 17.1 Å². The van der Waals surface area contributed by atoms with Crippen LogP contribution in [0.5, 0.6) is 0 Å². The SMILES string of the molecule is Cc1ccc(NC(=O)c2cnn(C)c2C)cc1S(N)(=O)=O. The Morgan fingerprint density at radius 2 is 2.00 bits per heavy atom. The highest BCUT2D eigenvalue weighted by Crippen LogP contribution is 2.20. The smallest absolute Gasteiger partial charge is 0.259 e. The molecule has 0 bridgehead atoms. The van der Waals surface area contributed by atoms with E-state index in [9.17, 15) is 13.2 Å². The Morgan fingerprint density at radius 3 is 2.52 bits per heavy atom. The molecule has 0 aliphatic rings. The van der Waals surface area contributed by atoms with Crippen molar-refractivity contribution in [2.24, 2.45) is 12.2 Å². The second-order valence-electron chi connectivity index (χ2n) is 4.75. The number of nitrogens with two attached hydrogens (primary N) is 1. The van der Waals surface area contributed by atoms with Gasteiger partial charge in [0.2, 0.25) is 10.0 Å². The van der Waals surface area contributed by atoms with Crippen molar-refractivity contribution in [1.82, 2.24) is 9.78 Å². The van der Waals surface area contributed by atoms with E-state index in [1.807, 2.05) is 0 Å². The molecule has 3 N–H and O–H groups in total. The molecule has 0 fully saturated rings. The lowest BCUT2D eigenvalue weighted by atomic mass is 10.2. The van der Waals surface area contributed by atoms with Gasteiger partial charge in [-0.05, 0) is 31.5 Å². The Hall–Kier alpha value is -2.19. The lowest BCUT2D eigenvalue weighted by Crippen LogP contribution is -2.16. The van der Waals surface area contributed by atoms with Gasteiger partial charge in [0, 0.05) is 18.4 Å². The molecule has 0 atom stereocenters. The number of nitrogens with zero attached hydrogens (tertiary/aromatic N) is 2. The second-order valence-corrected chi connectivity index (χ2v) is 6.28. The standard InChI is InChI=1S/C13H16N4O3S/c1-8-4-5-10(6-12(8)21(14,19)20)16-13(18)11-7-15-17(3)9(11)2/h4-7H,1-3H3,(H,16,18)(H2,14,19,20). The van der Waals surface area contributed by atoms with Crippen molar-refractivity contribution in [3.63, 3.8) is 0 Å². The Labute approximate surface area is 122 Å². The van der Waals surface area contributed by atoms with Crippen molar-refractivity contribution >= 4 is 21.6 Å². The Bertz CT molecular complexity index is 809. The fourth-order valence-electron chi connectivity index (χ4n) is 1.90. The maximum absolute atomic E-state index is 12.1. The highest BCUT2D eigenvalue weighted by molar-refractivity contribution is 7.89. The van der Waals surface area contributed by atoms with Gasteiger partial charge >= 0.3 is 0 Å². The van der Waals surface area contributed by atoms with Gasteiger partial charge in [-0.25, -0.2) is 13.6 Å². The molecule has 0 unspecified atom stereocenters. The molecule has 0 saturated heterocycles. The van der Waals surface area contributed by atoms with Crippen LogP contribution >= 0.6 is 0 Å². The van der Waals surface area contributed by atoms with Gasteiger partial charge in [-0.1, -0.05) is 6.07 Å². The number of nitrogens with one attached hydrogen (secondary N) is 1. The highest BCUT2D eigenvalue weighted by atomic mass is 32.2. The molecular formula is C13H16N4O3S. The minimum absolute atomic E-state index is 0.0109. The number of anilines is 1. The monoisotopic (exact) mass is 308 g/mol. The fourth-order valence-corrected chi connectivity index (χ4v) is 2.71. The largest absolute Gasteiger partial charge is 0.322 e. The van der Waals surface area contributed by atoms with Gasteiger partial charge in [-0.2, -0.15) is 5.10 Å². The first-order valence-electron chi connectivity index (χ1n) is 6.13. The van der Waals surface area contributed by atoms with Gasteiger partial charge in [-0.3, -0.25) is 9.48 Å². The molecule has 0 saturated carbocycles. The van der Waals surface area contributed by atoms with Gasteiger partial charge < -0.3 is 5.32 Å². The minimum atomic E-state index is -3.83. The molecule has 2 rings (SSSR count). The van der Waals surface area contributed by atoms with E-state index in [-0.39, 0.29) is 10.8 Å². The summed E-state index contributed by atoms with van der Waals surface area (Å²) in [5, 5.41) is 11.8. The summed E-state index contributed by atoms with van der Waals surface area (Å²) in [5.41, 5.74) is 2.02. The number of aryl methyl sites for hydroxylation is 2. The highest BCUT2D eigenvalue weighted by Gasteiger charge is 2.16. The molecule has 2 aromatic rings. The van der Waals surface area contributed by atoms with Gasteiger partial charge in [0.25, 0.3) is 5.91 Å². The van der Waals surface area contributed by atoms with Crippen LogP contribution in [0.3, 0.4) is 0 Å². The number of aromatic nitrogens is 2. The van der Waals surface area contributed by atoms with Crippen LogP contribution in [0, 0.1) is 13.8 Å². The van der Waals surface area contributed by atoms with Crippen molar-refractivity contribution < 1.29 is 13.2 Å². The number of carbonyl (C=O) groups excluding carboxylic acids is 1. The van der Waals surface area contributed by atoms with Crippen LogP contribution in [0.25, 0.3) is 0 Å². The van der Waals surface area contributed by atoms with Crippen molar-refractivity contribution in [3.05, 3.63) is 41.2 Å². The van der Waals surface area contributed by atoms with E-state index in [0.717, 1.165) is 0 Å². The average molecular weight is 308 g/mol. The summed E-state index contributed by atoms with van der Waals surface area (Å²) >= 11 is 0. The summed E-state index contributed by atoms with van der Waals surface area (Å²) in [6, 6.07) is 4.55. The predicted octanol–water partition coefficient (Wildman–Crippen LogP) is 0.937. The van der Waals surface area contributed by atoms with E-state index in [4.69, 9.17) is 5.14 Å². The molecule has 0 radical (unpaired) electrons. The van der Waals surface area contributed by atoms with E-state index in [2.05, 4.69) is 10.4 Å². The average Bonchev–Trinajstić information content (AvgIpc) is 2.71. The van der Waals surface area contributed by atoms with Crippen LogP contribution in [-0.4, -0.2) is 24.1 Å². The van der Waals surface area contributed by atoms with Crippen molar-refractivity contribution in [3.8, 4) is 0 Å². The quantitative estimate of drug-likeness (QED) is 0.879. The summed E-state index contributed by atoms with van der Waals surface area (Å²) in [7, 11) is -2.10. The number of hydrogen-bond acceptors (Lipinski definition) is 4. The van der Waals surface area contributed by atoms with Crippen LogP contribution in [0.2, 0.25) is 0 Å². The molecule has 21 heavy (non-hydrogen) atoms. The normalized spacial score (nSPS) is 11.4. The van der Waals surface area contributed by atoms with E-state index in [1.54, 1.807) is 37.7 Å². The van der Waals surface area contributed by atoms with E-state index >= 15 is 0 Å². The number of sulfonamides is 1. The number of rotatable bonds is 3. The first-order chi connectivity index (χ1) is 9.70. The van der Waals surface area contributed by atoms with Crippen molar-refractivity contribution in [2.75, 3.05) is 5.32 Å². The molecule has 1 amide bonds. The van der Waals surface area contributed by atoms with Gasteiger partial charge in [0.1, 0.15) is 0 Å². The molecule has 7 nitrogen and oxygen atoms in total. The van der Waals surface area contributed by atoms with Gasteiger partial charge in [-0.15, -0.1) is 0 Å². The number of carbonyl (C=O) groups is 1. The van der Waals surface area contributed by atoms with Crippen LogP contribution in [0.15, 0.2) is 29.3 Å². The molecule has 0 spiro atoms. The molecule has 1 heterocycles. The zero-order valence-electron chi connectivity index (χ0n) is 11.9. The minimum Gasteiger partial charge on any atom is -0.322 e. The maximum Gasteiger partial charge on any atom is 0.259 e. The van der Waals surface area contributed by atoms with Crippen molar-refractivity contribution in [2.45, 2.75) is 18.7 Å². The summed E-state index contributed by atoms with van der Waals surface area (Å²) in [6.07, 6.45) is 1.46. The molecule has 8 heteroatoms. The molecule has 1 aromatic heterocycles. The Morgan fingerprint density at radius 1 is 1.33 bits per heavy atom. The zero-order chi connectivity index (χ0) is 15.8. The first kappa shape index (κ1) is 15.2.